The summed E-state index contributed by atoms with van der Waals surface area (Å²) in [6, 6.07) is 8.41. The molecule has 1 unspecified atom stereocenters. The maximum Gasteiger partial charge on any atom is 0.211 e. The van der Waals surface area contributed by atoms with E-state index in [0.29, 0.717) is 19.6 Å². The minimum atomic E-state index is -3.08. The van der Waals surface area contributed by atoms with E-state index in [1.165, 1.54) is 21.7 Å². The van der Waals surface area contributed by atoms with Crippen molar-refractivity contribution in [3.63, 3.8) is 0 Å². The van der Waals surface area contributed by atoms with Crippen molar-refractivity contribution < 1.29 is 8.42 Å². The Morgan fingerprint density at radius 3 is 2.30 bits per heavy atom. The lowest BCUT2D eigenvalue weighted by atomic mass is 9.99. The van der Waals surface area contributed by atoms with Crippen molar-refractivity contribution in [2.24, 2.45) is 5.73 Å². The molecule has 1 aromatic carbocycles. The van der Waals surface area contributed by atoms with Crippen molar-refractivity contribution >= 4 is 10.0 Å². The minimum Gasteiger partial charge on any atom is -0.329 e. The van der Waals surface area contributed by atoms with Crippen molar-refractivity contribution in [3.8, 4) is 0 Å². The summed E-state index contributed by atoms with van der Waals surface area (Å²) in [6.45, 7) is 5.17. The quantitative estimate of drug-likeness (QED) is 0.882. The molecule has 2 N–H and O–H groups in total. The summed E-state index contributed by atoms with van der Waals surface area (Å²) < 4.78 is 24.6. The molecule has 0 aliphatic carbocycles. The highest BCUT2D eigenvalue weighted by Gasteiger charge is 2.28. The molecule has 0 amide bonds. The topological polar surface area (TPSA) is 66.6 Å². The molecule has 112 valence electrons. The van der Waals surface area contributed by atoms with Gasteiger partial charge in [-0.05, 0) is 18.1 Å². The summed E-state index contributed by atoms with van der Waals surface area (Å²) in [5.41, 5.74) is 8.42. The molecule has 20 heavy (non-hydrogen) atoms. The first kappa shape index (κ1) is 15.4. The Bertz CT molecular complexity index is 551. The van der Waals surface area contributed by atoms with E-state index in [4.69, 9.17) is 5.73 Å². The van der Waals surface area contributed by atoms with Crippen LogP contribution >= 0.6 is 0 Å². The molecule has 2 rings (SSSR count). The predicted octanol–water partition coefficient (Wildman–Crippen LogP) is 0.572. The molecular weight excluding hydrogens is 274 g/mol. The first-order valence-electron chi connectivity index (χ1n) is 6.88. The van der Waals surface area contributed by atoms with Crippen LogP contribution in [0.4, 0.5) is 0 Å². The van der Waals surface area contributed by atoms with Gasteiger partial charge in [-0.1, -0.05) is 24.3 Å². The summed E-state index contributed by atoms with van der Waals surface area (Å²) in [7, 11) is -3.08. The van der Waals surface area contributed by atoms with Gasteiger partial charge in [-0.2, -0.15) is 4.31 Å². The molecule has 1 aliphatic rings. The van der Waals surface area contributed by atoms with Crippen LogP contribution in [-0.4, -0.2) is 56.6 Å². The number of aryl methyl sites for hydroxylation is 1. The molecule has 1 heterocycles. The molecule has 1 saturated heterocycles. The van der Waals surface area contributed by atoms with Gasteiger partial charge in [0.15, 0.2) is 0 Å². The molecule has 0 bridgehead atoms. The number of sulfonamides is 1. The molecule has 5 nitrogen and oxygen atoms in total. The van der Waals surface area contributed by atoms with Gasteiger partial charge in [0.2, 0.25) is 10.0 Å². The number of hydrogen-bond acceptors (Lipinski definition) is 4. The second-order valence-electron chi connectivity index (χ2n) is 5.31. The maximum absolute atomic E-state index is 11.5. The van der Waals surface area contributed by atoms with E-state index < -0.39 is 10.0 Å². The summed E-state index contributed by atoms with van der Waals surface area (Å²) in [6.07, 6.45) is 1.27. The van der Waals surface area contributed by atoms with Crippen molar-refractivity contribution in [1.82, 2.24) is 9.21 Å². The van der Waals surface area contributed by atoms with E-state index in [0.717, 1.165) is 13.1 Å². The summed E-state index contributed by atoms with van der Waals surface area (Å²) in [5, 5.41) is 0. The Balaban J connectivity index is 2.10. The monoisotopic (exact) mass is 297 g/mol. The number of nitrogens with zero attached hydrogens (tertiary/aromatic N) is 2. The Kier molecular flexibility index (Phi) is 4.80. The van der Waals surface area contributed by atoms with Gasteiger partial charge in [0, 0.05) is 38.8 Å². The lowest BCUT2D eigenvalue weighted by molar-refractivity contribution is 0.140. The molecule has 1 aliphatic heterocycles. The molecule has 6 heteroatoms. The van der Waals surface area contributed by atoms with E-state index in [-0.39, 0.29) is 6.04 Å². The van der Waals surface area contributed by atoms with Gasteiger partial charge in [-0.3, -0.25) is 4.90 Å². The van der Waals surface area contributed by atoms with Crippen molar-refractivity contribution in [1.29, 1.82) is 0 Å². The van der Waals surface area contributed by atoms with Crippen LogP contribution < -0.4 is 5.73 Å². The van der Waals surface area contributed by atoms with Crippen LogP contribution in [0.1, 0.15) is 17.2 Å². The average molecular weight is 297 g/mol. The summed E-state index contributed by atoms with van der Waals surface area (Å²) in [5.74, 6) is 0. The smallest absolute Gasteiger partial charge is 0.211 e. The maximum atomic E-state index is 11.5. The predicted molar refractivity (Wildman–Crippen MR) is 81.0 cm³/mol. The highest BCUT2D eigenvalue weighted by Crippen LogP contribution is 2.24. The van der Waals surface area contributed by atoms with Gasteiger partial charge in [-0.15, -0.1) is 0 Å². The fourth-order valence-electron chi connectivity index (χ4n) is 2.78. The molecular formula is C14H23N3O2S. The Morgan fingerprint density at radius 1 is 1.20 bits per heavy atom. The lowest BCUT2D eigenvalue weighted by Gasteiger charge is -2.38. The van der Waals surface area contributed by atoms with E-state index >= 15 is 0 Å². The van der Waals surface area contributed by atoms with E-state index in [1.54, 1.807) is 0 Å². The van der Waals surface area contributed by atoms with E-state index in [9.17, 15) is 8.42 Å². The highest BCUT2D eigenvalue weighted by atomic mass is 32.2. The van der Waals surface area contributed by atoms with Crippen LogP contribution in [-0.2, 0) is 10.0 Å². The Morgan fingerprint density at radius 2 is 1.80 bits per heavy atom. The SMILES string of the molecule is Cc1ccccc1C(CN)N1CCN(S(C)(=O)=O)CC1. The van der Waals surface area contributed by atoms with Gasteiger partial charge in [-0.25, -0.2) is 8.42 Å². The van der Waals surface area contributed by atoms with Crippen molar-refractivity contribution in [2.45, 2.75) is 13.0 Å². The zero-order valence-electron chi connectivity index (χ0n) is 12.1. The van der Waals surface area contributed by atoms with Crippen LogP contribution in [0.5, 0.6) is 0 Å². The second kappa shape index (κ2) is 6.22. The second-order valence-corrected chi connectivity index (χ2v) is 7.29. The fourth-order valence-corrected chi connectivity index (χ4v) is 3.61. The summed E-state index contributed by atoms with van der Waals surface area (Å²) in [4.78, 5) is 2.28. The zero-order chi connectivity index (χ0) is 14.8. The van der Waals surface area contributed by atoms with Crippen molar-refractivity contribution in [2.75, 3.05) is 39.0 Å². The molecule has 1 aromatic rings. The van der Waals surface area contributed by atoms with Crippen LogP contribution in [0.2, 0.25) is 0 Å². The standard InChI is InChI=1S/C14H23N3O2S/c1-12-5-3-4-6-13(12)14(11-15)16-7-9-17(10-8-16)20(2,18)19/h3-6,14H,7-11,15H2,1-2H3. The molecule has 1 atom stereocenters. The van der Waals surface area contributed by atoms with Crippen LogP contribution in [0, 0.1) is 6.92 Å². The molecule has 1 fully saturated rings. The Labute approximate surface area is 121 Å². The van der Waals surface area contributed by atoms with Crippen LogP contribution in [0.3, 0.4) is 0 Å². The number of rotatable bonds is 4. The first-order valence-corrected chi connectivity index (χ1v) is 8.73. The molecule has 0 radical (unpaired) electrons. The van der Waals surface area contributed by atoms with Crippen LogP contribution in [0.25, 0.3) is 0 Å². The molecule has 0 aromatic heterocycles. The van der Waals surface area contributed by atoms with E-state index in [1.807, 2.05) is 12.1 Å². The minimum absolute atomic E-state index is 0.165. The highest BCUT2D eigenvalue weighted by molar-refractivity contribution is 7.88. The normalized spacial score (nSPS) is 19.9. The first-order chi connectivity index (χ1) is 9.43. The average Bonchev–Trinajstić information content (AvgIpc) is 2.41. The van der Waals surface area contributed by atoms with Crippen LogP contribution in [0.15, 0.2) is 24.3 Å². The fraction of sp³-hybridized carbons (Fsp3) is 0.571. The molecule has 0 saturated carbocycles. The zero-order valence-corrected chi connectivity index (χ0v) is 12.9. The number of hydrogen-bond donors (Lipinski definition) is 1. The van der Waals surface area contributed by atoms with Gasteiger partial charge in [0.1, 0.15) is 0 Å². The van der Waals surface area contributed by atoms with Crippen molar-refractivity contribution in [3.05, 3.63) is 35.4 Å². The van der Waals surface area contributed by atoms with Gasteiger partial charge in [0.25, 0.3) is 0 Å². The van der Waals surface area contributed by atoms with E-state index in [2.05, 4.69) is 24.0 Å². The van der Waals surface area contributed by atoms with Gasteiger partial charge >= 0.3 is 0 Å². The largest absolute Gasteiger partial charge is 0.329 e. The third-order valence-electron chi connectivity index (χ3n) is 3.95. The third-order valence-corrected chi connectivity index (χ3v) is 5.26. The number of nitrogens with two attached hydrogens (primary N) is 1. The number of benzene rings is 1. The van der Waals surface area contributed by atoms with Gasteiger partial charge in [0.05, 0.1) is 6.26 Å². The number of piperazine rings is 1. The molecule has 0 spiro atoms. The Hall–Kier alpha value is -0.950. The lowest BCUT2D eigenvalue weighted by Crippen LogP contribution is -2.50. The summed E-state index contributed by atoms with van der Waals surface area (Å²) >= 11 is 0. The third kappa shape index (κ3) is 3.38. The van der Waals surface area contributed by atoms with Gasteiger partial charge < -0.3 is 5.73 Å².